The first kappa shape index (κ1) is 30.2. The second-order valence-corrected chi connectivity index (χ2v) is 14.0. The number of amides is 1. The molecule has 0 radical (unpaired) electrons. The topological polar surface area (TPSA) is 108 Å². The van der Waals surface area contributed by atoms with E-state index >= 15 is 0 Å². The summed E-state index contributed by atoms with van der Waals surface area (Å²) in [5.41, 5.74) is 2.75. The van der Waals surface area contributed by atoms with Crippen molar-refractivity contribution in [2.45, 2.75) is 70.5 Å². The van der Waals surface area contributed by atoms with Gasteiger partial charge < -0.3 is 19.9 Å². The summed E-state index contributed by atoms with van der Waals surface area (Å²) in [6.45, 7) is 10.2. The SMILES string of the molecule is COc1c(NCc2ccc(C(C)(C)C)cc2)ncnc1C(=O)N1CCC(N2CCC(N(C)S(C)(=O)=O)CC2)CC1. The first-order valence-corrected chi connectivity index (χ1v) is 15.9. The molecule has 3 heterocycles. The van der Waals surface area contributed by atoms with E-state index in [2.05, 4.69) is 65.2 Å². The number of nitrogens with zero attached hydrogens (tertiary/aromatic N) is 5. The van der Waals surface area contributed by atoms with E-state index in [-0.39, 0.29) is 23.1 Å². The van der Waals surface area contributed by atoms with Crippen LogP contribution in [0.15, 0.2) is 30.6 Å². The van der Waals surface area contributed by atoms with Crippen molar-refractivity contribution in [3.8, 4) is 5.75 Å². The standard InChI is InChI=1S/C29H44N6O4S/c1-29(2,3)22-9-7-21(8-10-22)19-30-27-26(39-5)25(31-20-32-27)28(36)35-17-13-24(14-18-35)34-15-11-23(12-16-34)33(4)40(6,37)38/h7-10,20,23-24H,11-19H2,1-6H3,(H,30,31,32). The number of hydrogen-bond donors (Lipinski definition) is 1. The number of benzene rings is 1. The van der Waals surface area contributed by atoms with E-state index < -0.39 is 10.0 Å². The van der Waals surface area contributed by atoms with Crippen LogP contribution in [-0.4, -0.2) is 97.1 Å². The van der Waals surface area contributed by atoms with E-state index in [1.54, 1.807) is 7.05 Å². The lowest BCUT2D eigenvalue weighted by Gasteiger charge is -2.43. The van der Waals surface area contributed by atoms with Crippen molar-refractivity contribution < 1.29 is 17.9 Å². The summed E-state index contributed by atoms with van der Waals surface area (Å²) in [6.07, 6.45) is 6.09. The maximum absolute atomic E-state index is 13.5. The normalized spacial score (nSPS) is 18.2. The van der Waals surface area contributed by atoms with Gasteiger partial charge in [0.2, 0.25) is 10.0 Å². The third kappa shape index (κ3) is 7.11. The second-order valence-electron chi connectivity index (χ2n) is 12.0. The third-order valence-corrected chi connectivity index (χ3v) is 9.64. The molecule has 220 valence electrons. The Morgan fingerprint density at radius 2 is 1.68 bits per heavy atom. The van der Waals surface area contributed by atoms with Crippen molar-refractivity contribution in [3.63, 3.8) is 0 Å². The molecule has 0 unspecified atom stereocenters. The predicted octanol–water partition coefficient (Wildman–Crippen LogP) is 3.36. The van der Waals surface area contributed by atoms with Crippen molar-refractivity contribution in [2.75, 3.05) is 51.9 Å². The maximum Gasteiger partial charge on any atom is 0.276 e. The molecule has 0 spiro atoms. The lowest BCUT2D eigenvalue weighted by Crippen LogP contribution is -2.52. The minimum absolute atomic E-state index is 0.0591. The van der Waals surface area contributed by atoms with Crippen LogP contribution in [0.4, 0.5) is 5.82 Å². The van der Waals surface area contributed by atoms with Crippen LogP contribution in [0.5, 0.6) is 5.75 Å². The number of likely N-dealkylation sites (tertiary alicyclic amines) is 2. The zero-order valence-corrected chi connectivity index (χ0v) is 25.5. The van der Waals surface area contributed by atoms with Crippen molar-refractivity contribution in [1.82, 2.24) is 24.1 Å². The van der Waals surface area contributed by atoms with Crippen LogP contribution < -0.4 is 10.1 Å². The highest BCUT2D eigenvalue weighted by molar-refractivity contribution is 7.88. The van der Waals surface area contributed by atoms with Gasteiger partial charge in [0.1, 0.15) is 6.33 Å². The van der Waals surface area contributed by atoms with E-state index in [0.29, 0.717) is 37.2 Å². The molecule has 2 fully saturated rings. The van der Waals surface area contributed by atoms with E-state index in [9.17, 15) is 13.2 Å². The molecular weight excluding hydrogens is 528 g/mol. The number of rotatable bonds is 8. The van der Waals surface area contributed by atoms with Crippen LogP contribution in [0, 0.1) is 0 Å². The molecule has 2 aliphatic rings. The molecule has 1 amide bonds. The second kappa shape index (κ2) is 12.4. The van der Waals surface area contributed by atoms with E-state index in [1.165, 1.54) is 29.6 Å². The largest absolute Gasteiger partial charge is 0.491 e. The van der Waals surface area contributed by atoms with Crippen molar-refractivity contribution in [3.05, 3.63) is 47.4 Å². The first-order valence-electron chi connectivity index (χ1n) is 14.1. The number of sulfonamides is 1. The van der Waals surface area contributed by atoms with Gasteiger partial charge in [0.25, 0.3) is 5.91 Å². The van der Waals surface area contributed by atoms with Crippen molar-refractivity contribution in [1.29, 1.82) is 0 Å². The molecule has 1 aromatic carbocycles. The number of aromatic nitrogens is 2. The molecule has 40 heavy (non-hydrogen) atoms. The number of hydrogen-bond acceptors (Lipinski definition) is 8. The van der Waals surface area contributed by atoms with Crippen LogP contribution in [0.2, 0.25) is 0 Å². The van der Waals surface area contributed by atoms with Gasteiger partial charge >= 0.3 is 0 Å². The number of nitrogens with one attached hydrogen (secondary N) is 1. The molecule has 2 saturated heterocycles. The summed E-state index contributed by atoms with van der Waals surface area (Å²) < 4.78 is 30.9. The van der Waals surface area contributed by atoms with Gasteiger partial charge in [-0.1, -0.05) is 45.0 Å². The highest BCUT2D eigenvalue weighted by atomic mass is 32.2. The smallest absolute Gasteiger partial charge is 0.276 e. The molecule has 0 bridgehead atoms. The molecule has 11 heteroatoms. The molecule has 2 aliphatic heterocycles. The number of ether oxygens (including phenoxy) is 1. The van der Waals surface area contributed by atoms with Crippen LogP contribution >= 0.6 is 0 Å². The highest BCUT2D eigenvalue weighted by Crippen LogP contribution is 2.29. The Labute approximate surface area is 239 Å². The Bertz CT molecular complexity index is 1260. The number of anilines is 1. The van der Waals surface area contributed by atoms with Crippen LogP contribution in [0.25, 0.3) is 0 Å². The van der Waals surface area contributed by atoms with E-state index in [1.807, 2.05) is 4.90 Å². The van der Waals surface area contributed by atoms with E-state index in [4.69, 9.17) is 4.74 Å². The molecule has 1 aromatic heterocycles. The zero-order valence-electron chi connectivity index (χ0n) is 24.7. The van der Waals surface area contributed by atoms with Crippen molar-refractivity contribution in [2.24, 2.45) is 0 Å². The van der Waals surface area contributed by atoms with Gasteiger partial charge in [-0.25, -0.2) is 22.7 Å². The van der Waals surface area contributed by atoms with Gasteiger partial charge in [-0.05, 0) is 55.3 Å². The molecule has 4 rings (SSSR count). The number of piperidine rings is 2. The number of carbonyl (C=O) groups excluding carboxylic acids is 1. The Morgan fingerprint density at radius 3 is 2.23 bits per heavy atom. The van der Waals surface area contributed by atoms with Gasteiger partial charge in [-0.15, -0.1) is 0 Å². The first-order chi connectivity index (χ1) is 18.9. The predicted molar refractivity (Wildman–Crippen MR) is 157 cm³/mol. The summed E-state index contributed by atoms with van der Waals surface area (Å²) in [6, 6.07) is 8.94. The van der Waals surface area contributed by atoms with Crippen LogP contribution in [-0.2, 0) is 22.0 Å². The Balaban J connectivity index is 1.33. The van der Waals surface area contributed by atoms with Gasteiger partial charge in [0, 0.05) is 38.8 Å². The van der Waals surface area contributed by atoms with Gasteiger partial charge in [0.05, 0.1) is 13.4 Å². The summed E-state index contributed by atoms with van der Waals surface area (Å²) in [5.74, 6) is 0.708. The third-order valence-electron chi connectivity index (χ3n) is 8.29. The Morgan fingerprint density at radius 1 is 1.05 bits per heavy atom. The average Bonchev–Trinajstić information content (AvgIpc) is 2.94. The van der Waals surface area contributed by atoms with Crippen LogP contribution in [0.1, 0.15) is 68.1 Å². The summed E-state index contributed by atoms with van der Waals surface area (Å²) in [7, 11) is 0.0345. The highest BCUT2D eigenvalue weighted by Gasteiger charge is 2.33. The molecule has 10 nitrogen and oxygen atoms in total. The fourth-order valence-electron chi connectivity index (χ4n) is 5.62. The fraction of sp³-hybridized carbons (Fsp3) is 0.621. The summed E-state index contributed by atoms with van der Waals surface area (Å²) in [5, 5.41) is 3.31. The number of carbonyl (C=O) groups is 1. The molecule has 0 aliphatic carbocycles. The van der Waals surface area contributed by atoms with Gasteiger partial charge in [-0.3, -0.25) is 4.79 Å². The zero-order chi connectivity index (χ0) is 29.1. The molecule has 2 aromatic rings. The molecule has 0 saturated carbocycles. The van der Waals surface area contributed by atoms with E-state index in [0.717, 1.165) is 44.3 Å². The van der Waals surface area contributed by atoms with Gasteiger partial charge in [0.15, 0.2) is 17.3 Å². The summed E-state index contributed by atoms with van der Waals surface area (Å²) in [4.78, 5) is 26.4. The molecular formula is C29H44N6O4S. The average molecular weight is 573 g/mol. The summed E-state index contributed by atoms with van der Waals surface area (Å²) >= 11 is 0. The number of methoxy groups -OCH3 is 1. The van der Waals surface area contributed by atoms with Crippen molar-refractivity contribution >= 4 is 21.7 Å². The Hall–Kier alpha value is -2.76. The maximum atomic E-state index is 13.5. The minimum Gasteiger partial charge on any atom is -0.491 e. The molecule has 0 atom stereocenters. The van der Waals surface area contributed by atoms with Gasteiger partial charge in [-0.2, -0.15) is 0 Å². The molecule has 1 N–H and O–H groups in total. The lowest BCUT2D eigenvalue weighted by molar-refractivity contribution is 0.0540. The lowest BCUT2D eigenvalue weighted by atomic mass is 9.87. The van der Waals surface area contributed by atoms with Crippen LogP contribution in [0.3, 0.4) is 0 Å². The quantitative estimate of drug-likeness (QED) is 0.513. The minimum atomic E-state index is -3.18. The Kier molecular flexibility index (Phi) is 9.36. The fourth-order valence-corrected chi connectivity index (χ4v) is 6.38. The monoisotopic (exact) mass is 572 g/mol.